The molecule has 1 fully saturated rings. The SMILES string of the molecule is COc1ccc2ncc(Cl)c(C(F)CCC3(CC(=O)O)CCN(CCSc4ccc(C(F)(F)F)cc4)CC3)c2c1. The quantitative estimate of drug-likeness (QED) is 0.178. The van der Waals surface area contributed by atoms with Gasteiger partial charge in [-0.15, -0.1) is 11.8 Å². The van der Waals surface area contributed by atoms with Gasteiger partial charge in [0.2, 0.25) is 0 Å². The van der Waals surface area contributed by atoms with Gasteiger partial charge in [-0.3, -0.25) is 9.78 Å². The highest BCUT2D eigenvalue weighted by molar-refractivity contribution is 7.99. The number of aromatic nitrogens is 1. The van der Waals surface area contributed by atoms with Gasteiger partial charge in [0, 0.05) is 34.3 Å². The molecule has 1 saturated heterocycles. The third-order valence-electron chi connectivity index (χ3n) is 7.61. The van der Waals surface area contributed by atoms with Gasteiger partial charge < -0.3 is 14.7 Å². The van der Waals surface area contributed by atoms with Crippen LogP contribution in [0.3, 0.4) is 0 Å². The maximum atomic E-state index is 15.7. The van der Waals surface area contributed by atoms with E-state index in [0.29, 0.717) is 60.3 Å². The first-order valence-electron chi connectivity index (χ1n) is 13.0. The summed E-state index contributed by atoms with van der Waals surface area (Å²) in [7, 11) is 1.53. The lowest BCUT2D eigenvalue weighted by Crippen LogP contribution is -2.42. The molecule has 2 heterocycles. The number of rotatable bonds is 11. The van der Waals surface area contributed by atoms with Crippen molar-refractivity contribution in [1.82, 2.24) is 9.88 Å². The highest BCUT2D eigenvalue weighted by Crippen LogP contribution is 2.44. The molecule has 40 heavy (non-hydrogen) atoms. The van der Waals surface area contributed by atoms with Crippen LogP contribution in [0.25, 0.3) is 10.9 Å². The van der Waals surface area contributed by atoms with E-state index in [1.807, 2.05) is 0 Å². The van der Waals surface area contributed by atoms with Crippen molar-refractivity contribution in [3.05, 3.63) is 64.8 Å². The summed E-state index contributed by atoms with van der Waals surface area (Å²) in [4.78, 5) is 19.0. The van der Waals surface area contributed by atoms with Crippen LogP contribution in [0.2, 0.25) is 5.02 Å². The van der Waals surface area contributed by atoms with Crippen molar-refractivity contribution < 1.29 is 32.2 Å². The van der Waals surface area contributed by atoms with E-state index in [1.54, 1.807) is 18.2 Å². The van der Waals surface area contributed by atoms with E-state index in [2.05, 4.69) is 9.88 Å². The van der Waals surface area contributed by atoms with E-state index in [4.69, 9.17) is 16.3 Å². The normalized spacial score (nSPS) is 16.6. The van der Waals surface area contributed by atoms with Crippen LogP contribution in [0.4, 0.5) is 17.6 Å². The molecular weight excluding hydrogens is 568 g/mol. The molecule has 2 aromatic carbocycles. The predicted octanol–water partition coefficient (Wildman–Crippen LogP) is 8.06. The first-order chi connectivity index (χ1) is 19.0. The zero-order valence-electron chi connectivity index (χ0n) is 22.0. The van der Waals surface area contributed by atoms with Crippen LogP contribution in [0, 0.1) is 5.41 Å². The van der Waals surface area contributed by atoms with Gasteiger partial charge in [-0.05, 0) is 86.7 Å². The number of pyridine rings is 1. The molecule has 216 valence electrons. The van der Waals surface area contributed by atoms with Crippen LogP contribution in [-0.2, 0) is 11.0 Å². The highest BCUT2D eigenvalue weighted by Gasteiger charge is 2.37. The molecule has 5 nitrogen and oxygen atoms in total. The predicted molar refractivity (Wildman–Crippen MR) is 149 cm³/mol. The molecule has 0 aliphatic carbocycles. The molecule has 1 atom stereocenters. The van der Waals surface area contributed by atoms with E-state index in [0.717, 1.165) is 23.6 Å². The maximum absolute atomic E-state index is 15.7. The van der Waals surface area contributed by atoms with E-state index < -0.39 is 29.3 Å². The second-order valence-electron chi connectivity index (χ2n) is 10.2. The van der Waals surface area contributed by atoms with E-state index in [1.165, 1.54) is 37.2 Å². The second kappa shape index (κ2) is 13.0. The molecule has 1 aromatic heterocycles. The first kappa shape index (κ1) is 30.4. The Morgan fingerprint density at radius 2 is 1.90 bits per heavy atom. The molecule has 3 aromatic rings. The average Bonchev–Trinajstić information content (AvgIpc) is 2.92. The molecule has 0 amide bonds. The number of ether oxygens (including phenoxy) is 1. The summed E-state index contributed by atoms with van der Waals surface area (Å²) in [6.07, 6.45) is -2.57. The highest BCUT2D eigenvalue weighted by atomic mass is 35.5. The number of aliphatic carboxylic acids is 1. The fourth-order valence-electron chi connectivity index (χ4n) is 5.31. The third-order valence-corrected chi connectivity index (χ3v) is 8.90. The molecule has 0 bridgehead atoms. The van der Waals surface area contributed by atoms with Gasteiger partial charge in [-0.1, -0.05) is 11.6 Å². The first-order valence-corrected chi connectivity index (χ1v) is 14.4. The Morgan fingerprint density at radius 1 is 1.20 bits per heavy atom. The van der Waals surface area contributed by atoms with Gasteiger partial charge in [0.15, 0.2) is 0 Å². The fraction of sp³-hybridized carbons (Fsp3) is 0.448. The number of likely N-dealkylation sites (tertiary alicyclic amines) is 1. The van der Waals surface area contributed by atoms with Crippen LogP contribution in [0.1, 0.15) is 49.4 Å². The molecule has 1 unspecified atom stereocenters. The zero-order chi connectivity index (χ0) is 28.9. The lowest BCUT2D eigenvalue weighted by atomic mass is 9.71. The molecule has 1 aliphatic rings. The number of carboxylic acid groups (broad SMARTS) is 1. The number of hydrogen-bond donors (Lipinski definition) is 1. The number of hydrogen-bond acceptors (Lipinski definition) is 5. The summed E-state index contributed by atoms with van der Waals surface area (Å²) in [6, 6.07) is 10.3. The van der Waals surface area contributed by atoms with Crippen molar-refractivity contribution in [1.29, 1.82) is 0 Å². The van der Waals surface area contributed by atoms with Gasteiger partial charge in [0.25, 0.3) is 0 Å². The fourth-order valence-corrected chi connectivity index (χ4v) is 6.49. The van der Waals surface area contributed by atoms with Gasteiger partial charge in [-0.2, -0.15) is 13.2 Å². The summed E-state index contributed by atoms with van der Waals surface area (Å²) in [5.41, 5.74) is -0.253. The minimum atomic E-state index is -4.35. The number of halogens is 5. The molecule has 0 spiro atoms. The number of piperidine rings is 1. The van der Waals surface area contributed by atoms with Crippen LogP contribution < -0.4 is 4.74 Å². The smallest absolute Gasteiger partial charge is 0.416 e. The van der Waals surface area contributed by atoms with E-state index >= 15 is 4.39 Å². The third kappa shape index (κ3) is 7.59. The minimum Gasteiger partial charge on any atom is -0.497 e. The number of carbonyl (C=O) groups is 1. The monoisotopic (exact) mass is 598 g/mol. The summed E-state index contributed by atoms with van der Waals surface area (Å²) >= 11 is 7.86. The number of fused-ring (bicyclic) bond motifs is 1. The summed E-state index contributed by atoms with van der Waals surface area (Å²) in [5, 5.41) is 10.4. The lowest BCUT2D eigenvalue weighted by molar-refractivity contribution is -0.141. The Kier molecular flexibility index (Phi) is 9.85. The van der Waals surface area contributed by atoms with Crippen molar-refractivity contribution in [3.63, 3.8) is 0 Å². The van der Waals surface area contributed by atoms with Crippen molar-refractivity contribution in [2.24, 2.45) is 5.41 Å². The van der Waals surface area contributed by atoms with Gasteiger partial charge in [0.1, 0.15) is 11.9 Å². The van der Waals surface area contributed by atoms with Crippen molar-refractivity contribution >= 4 is 40.2 Å². The molecule has 1 aliphatic heterocycles. The molecule has 4 rings (SSSR count). The number of methoxy groups -OCH3 is 1. The van der Waals surface area contributed by atoms with Crippen molar-refractivity contribution in [3.8, 4) is 5.75 Å². The van der Waals surface area contributed by atoms with Crippen LogP contribution in [-0.4, -0.2) is 53.5 Å². The van der Waals surface area contributed by atoms with Gasteiger partial charge in [-0.25, -0.2) is 4.39 Å². The number of carboxylic acids is 1. The second-order valence-corrected chi connectivity index (χ2v) is 11.8. The number of alkyl halides is 4. The van der Waals surface area contributed by atoms with Gasteiger partial charge in [0.05, 0.1) is 29.6 Å². The average molecular weight is 599 g/mol. The molecule has 0 radical (unpaired) electrons. The largest absolute Gasteiger partial charge is 0.497 e. The molecule has 1 N–H and O–H groups in total. The number of nitrogens with zero attached hydrogens (tertiary/aromatic N) is 2. The minimum absolute atomic E-state index is 0.0352. The lowest BCUT2D eigenvalue weighted by Gasteiger charge is -2.41. The maximum Gasteiger partial charge on any atom is 0.416 e. The Morgan fingerprint density at radius 3 is 2.52 bits per heavy atom. The van der Waals surface area contributed by atoms with Crippen molar-refractivity contribution in [2.45, 2.75) is 49.3 Å². The Hall–Kier alpha value is -2.56. The van der Waals surface area contributed by atoms with E-state index in [-0.39, 0.29) is 17.9 Å². The summed E-state index contributed by atoms with van der Waals surface area (Å²) in [5.74, 6) is 0.357. The Labute approximate surface area is 239 Å². The van der Waals surface area contributed by atoms with Crippen LogP contribution >= 0.6 is 23.4 Å². The molecular formula is C29H31ClF4N2O3S. The molecule has 11 heteroatoms. The van der Waals surface area contributed by atoms with Crippen LogP contribution in [0.15, 0.2) is 53.6 Å². The Bertz CT molecular complexity index is 1320. The van der Waals surface area contributed by atoms with Crippen molar-refractivity contribution in [2.75, 3.05) is 32.5 Å². The molecule has 0 saturated carbocycles. The van der Waals surface area contributed by atoms with E-state index in [9.17, 15) is 23.1 Å². The van der Waals surface area contributed by atoms with Gasteiger partial charge >= 0.3 is 12.1 Å². The summed E-state index contributed by atoms with van der Waals surface area (Å²) in [6.45, 7) is 2.07. The standard InChI is InChI=1S/C29H31ClF4N2O3S/c1-39-20-4-7-25-22(16-20)27(23(30)18-35-25)24(31)8-9-28(17-26(37)38)10-12-36(13-11-28)14-15-40-21-5-2-19(3-6-21)29(32,33)34/h2-7,16,18,24H,8-15,17H2,1H3,(H,37,38). The zero-order valence-corrected chi connectivity index (χ0v) is 23.6. The number of benzene rings is 2. The summed E-state index contributed by atoms with van der Waals surface area (Å²) < 4.78 is 59.3. The number of thioether (sulfide) groups is 1. The topological polar surface area (TPSA) is 62.7 Å². The van der Waals surface area contributed by atoms with Crippen LogP contribution in [0.5, 0.6) is 5.75 Å². The Balaban J connectivity index is 1.35.